The van der Waals surface area contributed by atoms with E-state index in [-0.39, 0.29) is 0 Å². The topological polar surface area (TPSA) is 78.9 Å². The lowest BCUT2D eigenvalue weighted by atomic mass is 10.2. The molecule has 2 heterocycles. The second kappa shape index (κ2) is 7.01. The van der Waals surface area contributed by atoms with Gasteiger partial charge in [-0.25, -0.2) is 9.66 Å². The molecule has 2 N–H and O–H groups in total. The molecule has 0 aliphatic rings. The second-order valence-electron chi connectivity index (χ2n) is 4.78. The van der Waals surface area contributed by atoms with Gasteiger partial charge in [-0.3, -0.25) is 0 Å². The van der Waals surface area contributed by atoms with Crippen molar-refractivity contribution in [3.63, 3.8) is 0 Å². The number of nitrogens with zero attached hydrogens (tertiary/aromatic N) is 4. The van der Waals surface area contributed by atoms with Gasteiger partial charge in [0.2, 0.25) is 5.16 Å². The van der Waals surface area contributed by atoms with Crippen molar-refractivity contribution in [2.75, 3.05) is 13.0 Å². The maximum absolute atomic E-state index is 6.12. The lowest BCUT2D eigenvalue weighted by Crippen LogP contribution is -2.11. The molecule has 0 fully saturated rings. The molecule has 120 valence electrons. The number of thiazole rings is 1. The molecular formula is C15H17N5OS2. The number of nitrogen functional groups attached to an aromatic ring is 1. The van der Waals surface area contributed by atoms with E-state index >= 15 is 0 Å². The Hall–Kier alpha value is -2.06. The molecule has 0 radical (unpaired) electrons. The minimum atomic E-state index is 0.627. The lowest BCUT2D eigenvalue weighted by molar-refractivity contribution is 0.415. The molecule has 0 aliphatic carbocycles. The molecule has 1 aromatic carbocycles. The Morgan fingerprint density at radius 1 is 1.26 bits per heavy atom. The van der Waals surface area contributed by atoms with Gasteiger partial charge >= 0.3 is 0 Å². The summed E-state index contributed by atoms with van der Waals surface area (Å²) in [6, 6.07) is 7.57. The van der Waals surface area contributed by atoms with Crippen molar-refractivity contribution in [2.24, 2.45) is 0 Å². The first-order valence-corrected chi connectivity index (χ1v) is 8.98. The van der Waals surface area contributed by atoms with Gasteiger partial charge < -0.3 is 10.6 Å². The van der Waals surface area contributed by atoms with E-state index in [0.29, 0.717) is 11.0 Å². The summed E-state index contributed by atoms with van der Waals surface area (Å²) in [4.78, 5) is 4.54. The van der Waals surface area contributed by atoms with Crippen LogP contribution in [0.4, 0.5) is 0 Å². The molecule has 6 nitrogen and oxygen atoms in total. The van der Waals surface area contributed by atoms with Gasteiger partial charge in [0, 0.05) is 16.7 Å². The van der Waals surface area contributed by atoms with Crippen LogP contribution >= 0.6 is 23.1 Å². The van der Waals surface area contributed by atoms with Crippen LogP contribution in [-0.4, -0.2) is 27.0 Å². The summed E-state index contributed by atoms with van der Waals surface area (Å²) in [6.07, 6.45) is 0.962. The van der Waals surface area contributed by atoms with E-state index in [1.54, 1.807) is 18.4 Å². The second-order valence-corrected chi connectivity index (χ2v) is 6.66. The highest BCUT2D eigenvalue weighted by molar-refractivity contribution is 7.98. The van der Waals surface area contributed by atoms with Crippen LogP contribution in [0.5, 0.6) is 5.75 Å². The van der Waals surface area contributed by atoms with Gasteiger partial charge in [-0.1, -0.05) is 18.7 Å². The van der Waals surface area contributed by atoms with Crippen LogP contribution in [0.2, 0.25) is 0 Å². The Balaban J connectivity index is 1.73. The molecule has 0 bridgehead atoms. The number of hydrogen-bond acceptors (Lipinski definition) is 7. The number of aromatic nitrogens is 4. The molecule has 0 aliphatic heterocycles. The quantitative estimate of drug-likeness (QED) is 0.545. The Labute approximate surface area is 142 Å². The fourth-order valence-corrected chi connectivity index (χ4v) is 3.63. The van der Waals surface area contributed by atoms with E-state index in [9.17, 15) is 0 Å². The Morgan fingerprint density at radius 2 is 2.04 bits per heavy atom. The van der Waals surface area contributed by atoms with Crippen LogP contribution in [0.25, 0.3) is 11.4 Å². The molecule has 0 saturated carbocycles. The minimum absolute atomic E-state index is 0.627. The van der Waals surface area contributed by atoms with E-state index in [2.05, 4.69) is 27.5 Å². The molecule has 0 amide bonds. The molecule has 2 aromatic heterocycles. The van der Waals surface area contributed by atoms with Crippen LogP contribution in [0.3, 0.4) is 0 Å². The molecule has 3 rings (SSSR count). The predicted octanol–water partition coefficient (Wildman–Crippen LogP) is 2.98. The van der Waals surface area contributed by atoms with E-state index in [0.717, 1.165) is 34.2 Å². The van der Waals surface area contributed by atoms with E-state index in [1.165, 1.54) is 16.4 Å². The molecule has 3 aromatic rings. The molecular weight excluding hydrogens is 330 g/mol. The summed E-state index contributed by atoms with van der Waals surface area (Å²) in [5, 5.41) is 12.2. The Bertz CT molecular complexity index is 782. The first-order valence-electron chi connectivity index (χ1n) is 7.12. The summed E-state index contributed by atoms with van der Waals surface area (Å²) >= 11 is 3.21. The van der Waals surface area contributed by atoms with E-state index in [1.807, 2.05) is 24.3 Å². The Morgan fingerprint density at radius 3 is 2.70 bits per heavy atom. The van der Waals surface area contributed by atoms with Gasteiger partial charge in [-0.15, -0.1) is 21.5 Å². The number of thioether (sulfide) groups is 1. The van der Waals surface area contributed by atoms with Gasteiger partial charge in [-0.05, 0) is 30.7 Å². The van der Waals surface area contributed by atoms with Crippen molar-refractivity contribution in [2.45, 2.75) is 24.3 Å². The summed E-state index contributed by atoms with van der Waals surface area (Å²) in [5.74, 6) is 8.27. The Kier molecular flexibility index (Phi) is 4.82. The third kappa shape index (κ3) is 3.48. The van der Waals surface area contributed by atoms with Crippen LogP contribution in [0.1, 0.15) is 17.6 Å². The number of nitrogens with two attached hydrogens (primary N) is 1. The van der Waals surface area contributed by atoms with Crippen molar-refractivity contribution in [1.82, 2.24) is 19.9 Å². The monoisotopic (exact) mass is 347 g/mol. The summed E-state index contributed by atoms with van der Waals surface area (Å²) in [5.41, 5.74) is 1.94. The first kappa shape index (κ1) is 15.8. The highest BCUT2D eigenvalue weighted by Gasteiger charge is 2.13. The van der Waals surface area contributed by atoms with Gasteiger partial charge in [0.15, 0.2) is 5.82 Å². The van der Waals surface area contributed by atoms with Crippen molar-refractivity contribution in [1.29, 1.82) is 0 Å². The number of rotatable bonds is 6. The molecule has 8 heteroatoms. The fourth-order valence-electron chi connectivity index (χ4n) is 2.03. The van der Waals surface area contributed by atoms with Crippen LogP contribution in [-0.2, 0) is 12.2 Å². The third-order valence-corrected chi connectivity index (χ3v) is 5.28. The van der Waals surface area contributed by atoms with Crippen molar-refractivity contribution in [3.8, 4) is 17.1 Å². The van der Waals surface area contributed by atoms with Gasteiger partial charge in [0.1, 0.15) is 5.75 Å². The van der Waals surface area contributed by atoms with E-state index < -0.39 is 0 Å². The average molecular weight is 347 g/mol. The summed E-state index contributed by atoms with van der Waals surface area (Å²) in [7, 11) is 1.64. The maximum atomic E-state index is 6.12. The third-order valence-electron chi connectivity index (χ3n) is 3.26. The number of ether oxygens (including phenoxy) is 1. The van der Waals surface area contributed by atoms with Crippen molar-refractivity contribution in [3.05, 3.63) is 40.3 Å². The average Bonchev–Trinajstić information content (AvgIpc) is 3.19. The highest BCUT2D eigenvalue weighted by atomic mass is 32.2. The number of methoxy groups -OCH3 is 1. The number of hydrogen-bond donors (Lipinski definition) is 1. The zero-order valence-corrected chi connectivity index (χ0v) is 14.5. The van der Waals surface area contributed by atoms with Crippen LogP contribution in [0.15, 0.2) is 34.8 Å². The fraction of sp³-hybridized carbons (Fsp3) is 0.267. The number of aryl methyl sites for hydroxylation is 1. The van der Waals surface area contributed by atoms with Crippen molar-refractivity contribution >= 4 is 23.1 Å². The first-order chi connectivity index (χ1) is 11.2. The SMILES string of the molecule is CCc1nc(CSc2nnc(-c3ccc(OC)cc3)n2N)cs1. The minimum Gasteiger partial charge on any atom is -0.497 e. The van der Waals surface area contributed by atoms with Gasteiger partial charge in [0.05, 0.1) is 17.8 Å². The van der Waals surface area contributed by atoms with E-state index in [4.69, 9.17) is 10.6 Å². The van der Waals surface area contributed by atoms with Gasteiger partial charge in [-0.2, -0.15) is 0 Å². The lowest BCUT2D eigenvalue weighted by Gasteiger charge is -2.04. The predicted molar refractivity (Wildman–Crippen MR) is 93.2 cm³/mol. The van der Waals surface area contributed by atoms with Crippen LogP contribution in [0, 0.1) is 0 Å². The molecule has 0 saturated heterocycles. The maximum Gasteiger partial charge on any atom is 0.210 e. The largest absolute Gasteiger partial charge is 0.497 e. The molecule has 23 heavy (non-hydrogen) atoms. The van der Waals surface area contributed by atoms with Crippen LogP contribution < -0.4 is 10.6 Å². The number of benzene rings is 1. The molecule has 0 atom stereocenters. The normalized spacial score (nSPS) is 10.9. The van der Waals surface area contributed by atoms with Gasteiger partial charge in [0.25, 0.3) is 0 Å². The summed E-state index contributed by atoms with van der Waals surface area (Å²) in [6.45, 7) is 2.10. The summed E-state index contributed by atoms with van der Waals surface area (Å²) < 4.78 is 6.67. The zero-order valence-electron chi connectivity index (χ0n) is 12.9. The smallest absolute Gasteiger partial charge is 0.210 e. The highest BCUT2D eigenvalue weighted by Crippen LogP contribution is 2.26. The van der Waals surface area contributed by atoms with Crippen molar-refractivity contribution < 1.29 is 4.74 Å². The molecule has 0 unspecified atom stereocenters. The molecule has 0 spiro atoms. The zero-order chi connectivity index (χ0) is 16.2. The standard InChI is InChI=1S/C15H17N5OS2/c1-3-13-17-11(8-22-13)9-23-15-19-18-14(20(15)16)10-4-6-12(21-2)7-5-10/h4-8H,3,9,16H2,1-2H3.